The van der Waals surface area contributed by atoms with Crippen molar-refractivity contribution in [2.75, 3.05) is 32.6 Å². The lowest BCUT2D eigenvalue weighted by Crippen LogP contribution is -2.43. The number of ether oxygens (including phenoxy) is 2. The maximum atomic E-state index is 6.28. The van der Waals surface area contributed by atoms with Gasteiger partial charge in [0, 0.05) is 17.8 Å². The third-order valence-electron chi connectivity index (χ3n) is 3.65. The number of fused-ring (bicyclic) bond motifs is 1. The highest BCUT2D eigenvalue weighted by Gasteiger charge is 2.17. The van der Waals surface area contributed by atoms with Crippen LogP contribution in [0, 0.1) is 0 Å². The van der Waals surface area contributed by atoms with Crippen molar-refractivity contribution in [3.8, 4) is 11.5 Å². The maximum absolute atomic E-state index is 6.28. The molecule has 0 aliphatic carbocycles. The van der Waals surface area contributed by atoms with Crippen LogP contribution in [0.5, 0.6) is 11.5 Å². The minimum atomic E-state index is 0.149. The Labute approximate surface area is 153 Å². The van der Waals surface area contributed by atoms with Crippen LogP contribution in [0.1, 0.15) is 26.3 Å². The maximum Gasteiger partial charge on any atom is 0.191 e. The Bertz CT molecular complexity index is 593. The van der Waals surface area contributed by atoms with Crippen molar-refractivity contribution in [3.05, 3.63) is 22.7 Å². The summed E-state index contributed by atoms with van der Waals surface area (Å²) in [4.78, 5) is 4.64. The normalized spacial score (nSPS) is 14.5. The minimum absolute atomic E-state index is 0.149. The molecule has 1 aliphatic rings. The number of rotatable bonds is 6. The van der Waals surface area contributed by atoms with Gasteiger partial charge in [0.05, 0.1) is 11.6 Å². The van der Waals surface area contributed by atoms with Gasteiger partial charge in [-0.3, -0.25) is 0 Å². The lowest BCUT2D eigenvalue weighted by molar-refractivity contribution is 0.171. The number of nitrogens with zero attached hydrogens (tertiary/aromatic N) is 1. The summed E-state index contributed by atoms with van der Waals surface area (Å²) in [5, 5.41) is 7.22. The van der Waals surface area contributed by atoms with E-state index in [-0.39, 0.29) is 4.75 Å². The smallest absolute Gasteiger partial charge is 0.191 e. The Hall–Kier alpha value is -1.27. The highest BCUT2D eigenvalue weighted by molar-refractivity contribution is 7.99. The standard InChI is InChI=1S/C17H26ClN3O2S/c1-5-19-16(21-11-17(2,3)24-4)20-10-12-8-13(18)15-14(9-12)22-6-7-23-15/h8-9H,5-7,10-11H2,1-4H3,(H2,19,20,21). The largest absolute Gasteiger partial charge is 0.486 e. The fourth-order valence-electron chi connectivity index (χ4n) is 2.14. The molecule has 1 aromatic rings. The third-order valence-corrected chi connectivity index (χ3v) is 5.18. The second-order valence-corrected chi connectivity index (χ2v) is 8.03. The number of thioether (sulfide) groups is 1. The van der Waals surface area contributed by atoms with Crippen LogP contribution in [0.3, 0.4) is 0 Å². The summed E-state index contributed by atoms with van der Waals surface area (Å²) in [6, 6.07) is 3.83. The fourth-order valence-corrected chi connectivity index (χ4v) is 2.64. The number of aliphatic imine (C=N–C) groups is 1. The highest BCUT2D eigenvalue weighted by Crippen LogP contribution is 2.38. The van der Waals surface area contributed by atoms with Gasteiger partial charge in [-0.05, 0) is 44.7 Å². The molecule has 134 valence electrons. The Kier molecular flexibility index (Phi) is 6.92. The molecule has 0 unspecified atom stereocenters. The summed E-state index contributed by atoms with van der Waals surface area (Å²) in [6.45, 7) is 9.70. The van der Waals surface area contributed by atoms with E-state index in [0.717, 1.165) is 24.6 Å². The third kappa shape index (κ3) is 5.38. The summed E-state index contributed by atoms with van der Waals surface area (Å²) in [5.41, 5.74) is 0.991. The predicted octanol–water partition coefficient (Wildman–Crippen LogP) is 3.31. The van der Waals surface area contributed by atoms with Gasteiger partial charge >= 0.3 is 0 Å². The molecule has 24 heavy (non-hydrogen) atoms. The quantitative estimate of drug-likeness (QED) is 0.593. The topological polar surface area (TPSA) is 54.9 Å². The van der Waals surface area contributed by atoms with Crippen molar-refractivity contribution >= 4 is 29.3 Å². The molecular formula is C17H26ClN3O2S. The molecule has 0 aromatic heterocycles. The highest BCUT2D eigenvalue weighted by atomic mass is 35.5. The summed E-state index contributed by atoms with van der Waals surface area (Å²) in [7, 11) is 0. The second kappa shape index (κ2) is 8.72. The van der Waals surface area contributed by atoms with Gasteiger partial charge in [-0.15, -0.1) is 0 Å². The SMILES string of the molecule is CCNC(=NCc1cc(Cl)c2c(c1)OCCO2)NCC(C)(C)SC. The van der Waals surface area contributed by atoms with Gasteiger partial charge in [0.2, 0.25) is 0 Å². The molecule has 1 heterocycles. The molecule has 7 heteroatoms. The van der Waals surface area contributed by atoms with Crippen LogP contribution >= 0.6 is 23.4 Å². The molecule has 0 spiro atoms. The molecule has 0 saturated heterocycles. The molecule has 0 fully saturated rings. The monoisotopic (exact) mass is 371 g/mol. The van der Waals surface area contributed by atoms with E-state index < -0.39 is 0 Å². The predicted molar refractivity (Wildman–Crippen MR) is 103 cm³/mol. The van der Waals surface area contributed by atoms with E-state index in [0.29, 0.717) is 36.3 Å². The summed E-state index contributed by atoms with van der Waals surface area (Å²) in [5.74, 6) is 2.12. The van der Waals surface area contributed by atoms with Crippen molar-refractivity contribution in [1.29, 1.82) is 0 Å². The number of hydrogen-bond acceptors (Lipinski definition) is 4. The molecule has 0 saturated carbocycles. The van der Waals surface area contributed by atoms with E-state index in [4.69, 9.17) is 21.1 Å². The molecule has 5 nitrogen and oxygen atoms in total. The number of halogens is 1. The molecule has 2 rings (SSSR count). The summed E-state index contributed by atoms with van der Waals surface area (Å²) in [6.07, 6.45) is 2.11. The van der Waals surface area contributed by atoms with Crippen molar-refractivity contribution in [1.82, 2.24) is 10.6 Å². The van der Waals surface area contributed by atoms with Gasteiger partial charge in [-0.2, -0.15) is 11.8 Å². The minimum Gasteiger partial charge on any atom is -0.486 e. The first kappa shape index (κ1) is 19.1. The molecule has 0 bridgehead atoms. The molecule has 1 aromatic carbocycles. The van der Waals surface area contributed by atoms with E-state index in [9.17, 15) is 0 Å². The molecule has 0 atom stereocenters. The van der Waals surface area contributed by atoms with Gasteiger partial charge in [-0.25, -0.2) is 4.99 Å². The molecule has 2 N–H and O–H groups in total. The van der Waals surface area contributed by atoms with E-state index in [1.54, 1.807) is 0 Å². The number of benzene rings is 1. The second-order valence-electron chi connectivity index (χ2n) is 6.11. The van der Waals surface area contributed by atoms with Crippen LogP contribution < -0.4 is 20.1 Å². The van der Waals surface area contributed by atoms with Crippen LogP contribution in [-0.4, -0.2) is 43.3 Å². The summed E-state index contributed by atoms with van der Waals surface area (Å²) >= 11 is 8.10. The molecule has 1 aliphatic heterocycles. The first-order chi connectivity index (χ1) is 11.4. The Morgan fingerprint density at radius 3 is 2.75 bits per heavy atom. The number of guanidine groups is 1. The van der Waals surface area contributed by atoms with Gasteiger partial charge in [0.15, 0.2) is 17.5 Å². The zero-order valence-corrected chi connectivity index (χ0v) is 16.3. The van der Waals surface area contributed by atoms with E-state index in [2.05, 4.69) is 42.7 Å². The van der Waals surface area contributed by atoms with E-state index >= 15 is 0 Å². The first-order valence-corrected chi connectivity index (χ1v) is 9.71. The van der Waals surface area contributed by atoms with E-state index in [1.165, 1.54) is 0 Å². The summed E-state index contributed by atoms with van der Waals surface area (Å²) < 4.78 is 11.3. The zero-order chi connectivity index (χ0) is 17.6. The van der Waals surface area contributed by atoms with E-state index in [1.807, 2.05) is 23.9 Å². The fraction of sp³-hybridized carbons (Fsp3) is 0.588. The van der Waals surface area contributed by atoms with Gasteiger partial charge < -0.3 is 20.1 Å². The first-order valence-electron chi connectivity index (χ1n) is 8.10. The molecule has 0 radical (unpaired) electrons. The number of hydrogen-bond donors (Lipinski definition) is 2. The molecular weight excluding hydrogens is 346 g/mol. The van der Waals surface area contributed by atoms with Crippen molar-refractivity contribution in [2.24, 2.45) is 4.99 Å². The zero-order valence-electron chi connectivity index (χ0n) is 14.7. The Morgan fingerprint density at radius 2 is 2.04 bits per heavy atom. The van der Waals surface area contributed by atoms with Crippen molar-refractivity contribution < 1.29 is 9.47 Å². The lowest BCUT2D eigenvalue weighted by atomic mass is 10.2. The van der Waals surface area contributed by atoms with Crippen LogP contribution in [-0.2, 0) is 6.54 Å². The average molecular weight is 372 g/mol. The van der Waals surface area contributed by atoms with Crippen molar-refractivity contribution in [3.63, 3.8) is 0 Å². The Balaban J connectivity index is 2.06. The number of nitrogens with one attached hydrogen (secondary N) is 2. The van der Waals surface area contributed by atoms with Crippen molar-refractivity contribution in [2.45, 2.75) is 32.1 Å². The van der Waals surface area contributed by atoms with Gasteiger partial charge in [-0.1, -0.05) is 11.6 Å². The van der Waals surface area contributed by atoms with Gasteiger partial charge in [0.25, 0.3) is 0 Å². The lowest BCUT2D eigenvalue weighted by Gasteiger charge is -2.24. The average Bonchev–Trinajstić information content (AvgIpc) is 2.57. The van der Waals surface area contributed by atoms with Crippen LogP contribution in [0.25, 0.3) is 0 Å². The molecule has 0 amide bonds. The van der Waals surface area contributed by atoms with Gasteiger partial charge in [0.1, 0.15) is 13.2 Å². The van der Waals surface area contributed by atoms with Crippen LogP contribution in [0.15, 0.2) is 17.1 Å². The van der Waals surface area contributed by atoms with Crippen LogP contribution in [0.2, 0.25) is 5.02 Å². The van der Waals surface area contributed by atoms with Crippen LogP contribution in [0.4, 0.5) is 0 Å². The Morgan fingerprint density at radius 1 is 1.29 bits per heavy atom.